The number of nitrogens with one attached hydrogen (secondary N) is 1. The Morgan fingerprint density at radius 3 is 2.34 bits per heavy atom. The van der Waals surface area contributed by atoms with Crippen LogP contribution in [0.3, 0.4) is 0 Å². The molecule has 1 amide bonds. The van der Waals surface area contributed by atoms with E-state index in [2.05, 4.69) is 0 Å². The number of halogens is 3. The van der Waals surface area contributed by atoms with Gasteiger partial charge in [0.15, 0.2) is 0 Å². The number of Topliss-reactive ketones (excluding diaryl/α,β-unsaturated/α-hetero) is 1. The highest BCUT2D eigenvalue weighted by Gasteiger charge is 2.31. The van der Waals surface area contributed by atoms with Gasteiger partial charge in [-0.2, -0.15) is 13.2 Å². The molecule has 0 saturated carbocycles. The Labute approximate surface area is 167 Å². The van der Waals surface area contributed by atoms with E-state index in [9.17, 15) is 22.8 Å². The molecule has 1 aromatic heterocycles. The first-order chi connectivity index (χ1) is 13.6. The van der Waals surface area contributed by atoms with Gasteiger partial charge >= 0.3 is 6.18 Å². The molecule has 0 radical (unpaired) electrons. The zero-order valence-corrected chi connectivity index (χ0v) is 16.8. The summed E-state index contributed by atoms with van der Waals surface area (Å²) in [6, 6.07) is 6.85. The molecule has 1 aliphatic heterocycles. The summed E-state index contributed by atoms with van der Waals surface area (Å²) in [6.45, 7) is 8.04. The van der Waals surface area contributed by atoms with Gasteiger partial charge in [0, 0.05) is 29.6 Å². The molecule has 1 aromatic carbocycles. The highest BCUT2D eigenvalue weighted by atomic mass is 19.4. The first kappa shape index (κ1) is 21.1. The summed E-state index contributed by atoms with van der Waals surface area (Å²) < 4.78 is 40.9. The third-order valence-corrected chi connectivity index (χ3v) is 5.49. The van der Waals surface area contributed by atoms with Crippen LogP contribution in [0.15, 0.2) is 30.3 Å². The van der Waals surface area contributed by atoms with Gasteiger partial charge < -0.3 is 14.4 Å². The quantitative estimate of drug-likeness (QED) is 0.788. The van der Waals surface area contributed by atoms with Gasteiger partial charge in [-0.05, 0) is 38.1 Å². The molecule has 2 aromatic rings. The fourth-order valence-electron chi connectivity index (χ4n) is 3.90. The fourth-order valence-corrected chi connectivity index (χ4v) is 3.90. The van der Waals surface area contributed by atoms with Crippen LogP contribution in [0.5, 0.6) is 0 Å². The van der Waals surface area contributed by atoms with Crippen LogP contribution in [-0.2, 0) is 11.0 Å². The highest BCUT2D eigenvalue weighted by molar-refractivity contribution is 5.98. The average molecular weight is 408 g/mol. The maximum Gasteiger partial charge on any atom is 0.416 e. The van der Waals surface area contributed by atoms with Crippen molar-refractivity contribution in [2.45, 2.75) is 26.9 Å². The first-order valence-corrected chi connectivity index (χ1v) is 9.57. The summed E-state index contributed by atoms with van der Waals surface area (Å²) >= 11 is 0. The minimum atomic E-state index is -4.42. The molecular formula is C21H25F3N3O2+. The van der Waals surface area contributed by atoms with Gasteiger partial charge in [0.05, 0.1) is 31.7 Å². The number of hydrogen-bond acceptors (Lipinski definition) is 2. The molecule has 0 spiro atoms. The number of aromatic nitrogens is 1. The van der Waals surface area contributed by atoms with E-state index in [1.54, 1.807) is 42.4 Å². The van der Waals surface area contributed by atoms with Gasteiger partial charge in [-0.25, -0.2) is 0 Å². The lowest BCUT2D eigenvalue weighted by Gasteiger charge is -2.31. The van der Waals surface area contributed by atoms with Gasteiger partial charge in [-0.15, -0.1) is 0 Å². The minimum Gasteiger partial charge on any atom is -0.332 e. The third-order valence-electron chi connectivity index (χ3n) is 5.49. The number of ketones is 1. The SMILES string of the molecule is CC(=O)N1CC[NH+](CC(=O)c2cc(C)n(-c3cccc(C(F)(F)F)c3)c2C)CC1. The molecule has 1 fully saturated rings. The lowest BCUT2D eigenvalue weighted by Crippen LogP contribution is -3.15. The molecule has 156 valence electrons. The maximum atomic E-state index is 13.1. The Morgan fingerprint density at radius 2 is 1.76 bits per heavy atom. The molecule has 0 unspecified atom stereocenters. The maximum absolute atomic E-state index is 13.1. The summed E-state index contributed by atoms with van der Waals surface area (Å²) in [6.07, 6.45) is -4.42. The topological polar surface area (TPSA) is 46.8 Å². The van der Waals surface area contributed by atoms with Gasteiger partial charge in [-0.1, -0.05) is 6.07 Å². The summed E-state index contributed by atoms with van der Waals surface area (Å²) in [7, 11) is 0. The van der Waals surface area contributed by atoms with Crippen molar-refractivity contribution in [1.82, 2.24) is 9.47 Å². The van der Waals surface area contributed by atoms with Crippen LogP contribution in [-0.4, -0.2) is 53.9 Å². The van der Waals surface area contributed by atoms with E-state index in [-0.39, 0.29) is 11.7 Å². The number of rotatable bonds is 4. The Balaban J connectivity index is 1.79. The van der Waals surface area contributed by atoms with Gasteiger partial charge in [0.2, 0.25) is 11.7 Å². The van der Waals surface area contributed by atoms with Crippen LogP contribution in [0.2, 0.25) is 0 Å². The van der Waals surface area contributed by atoms with E-state index in [4.69, 9.17) is 0 Å². The largest absolute Gasteiger partial charge is 0.416 e. The zero-order chi connectivity index (χ0) is 21.3. The molecule has 0 atom stereocenters. The van der Waals surface area contributed by atoms with Crippen LogP contribution in [0.1, 0.15) is 34.2 Å². The number of alkyl halides is 3. The second-order valence-corrected chi connectivity index (χ2v) is 7.52. The molecule has 8 heteroatoms. The van der Waals surface area contributed by atoms with Crippen molar-refractivity contribution in [2.75, 3.05) is 32.7 Å². The molecule has 2 heterocycles. The number of amides is 1. The van der Waals surface area contributed by atoms with Crippen molar-refractivity contribution in [2.24, 2.45) is 0 Å². The molecule has 1 N–H and O–H groups in total. The average Bonchev–Trinajstić information content (AvgIpc) is 2.96. The van der Waals surface area contributed by atoms with Crippen molar-refractivity contribution < 1.29 is 27.7 Å². The van der Waals surface area contributed by atoms with E-state index >= 15 is 0 Å². The Kier molecular flexibility index (Phi) is 5.84. The van der Waals surface area contributed by atoms with Crippen LogP contribution >= 0.6 is 0 Å². The Hall–Kier alpha value is -2.61. The van der Waals surface area contributed by atoms with Crippen molar-refractivity contribution in [1.29, 1.82) is 0 Å². The van der Waals surface area contributed by atoms with Crippen molar-refractivity contribution in [3.05, 3.63) is 52.8 Å². The van der Waals surface area contributed by atoms with Crippen molar-refractivity contribution in [3.63, 3.8) is 0 Å². The monoisotopic (exact) mass is 408 g/mol. The van der Waals surface area contributed by atoms with E-state index in [0.717, 1.165) is 17.0 Å². The molecule has 29 heavy (non-hydrogen) atoms. The van der Waals surface area contributed by atoms with Gasteiger partial charge in [-0.3, -0.25) is 9.59 Å². The smallest absolute Gasteiger partial charge is 0.332 e. The number of aryl methyl sites for hydroxylation is 1. The number of piperazine rings is 1. The second kappa shape index (κ2) is 8.02. The summed E-state index contributed by atoms with van der Waals surface area (Å²) in [5, 5.41) is 0. The standard InChI is InChI=1S/C21H24F3N3O2/c1-14-11-19(20(29)13-25-7-9-26(10-8-25)16(3)28)15(2)27(14)18-6-4-5-17(12-18)21(22,23)24/h4-6,11-12H,7-10,13H2,1-3H3/p+1. The van der Waals surface area contributed by atoms with Gasteiger partial charge in [0.1, 0.15) is 6.54 Å². The molecular weight excluding hydrogens is 383 g/mol. The van der Waals surface area contributed by atoms with E-state index in [0.29, 0.717) is 55.4 Å². The van der Waals surface area contributed by atoms with Crippen LogP contribution < -0.4 is 4.90 Å². The lowest BCUT2D eigenvalue weighted by molar-refractivity contribution is -0.895. The van der Waals surface area contributed by atoms with E-state index in [1.165, 1.54) is 6.07 Å². The number of quaternary nitrogens is 1. The number of benzene rings is 1. The third kappa shape index (κ3) is 4.53. The molecule has 5 nitrogen and oxygen atoms in total. The molecule has 1 aliphatic rings. The highest BCUT2D eigenvalue weighted by Crippen LogP contribution is 2.31. The summed E-state index contributed by atoms with van der Waals surface area (Å²) in [5.74, 6) is 0.00242. The Bertz CT molecular complexity index is 926. The second-order valence-electron chi connectivity index (χ2n) is 7.52. The first-order valence-electron chi connectivity index (χ1n) is 9.57. The predicted octanol–water partition coefficient (Wildman–Crippen LogP) is 2.04. The summed E-state index contributed by atoms with van der Waals surface area (Å²) in [5.41, 5.74) is 1.54. The molecule has 3 rings (SSSR count). The molecule has 0 aliphatic carbocycles. The zero-order valence-electron chi connectivity index (χ0n) is 16.8. The number of carbonyl (C=O) groups is 2. The molecule has 0 bridgehead atoms. The van der Waals surface area contributed by atoms with Gasteiger partial charge in [0.25, 0.3) is 0 Å². The lowest BCUT2D eigenvalue weighted by atomic mass is 10.1. The van der Waals surface area contributed by atoms with Crippen LogP contribution in [0.4, 0.5) is 13.2 Å². The van der Waals surface area contributed by atoms with Crippen LogP contribution in [0, 0.1) is 13.8 Å². The minimum absolute atomic E-state index is 0.0393. The fraction of sp³-hybridized carbons (Fsp3) is 0.429. The van der Waals surface area contributed by atoms with Crippen LogP contribution in [0.25, 0.3) is 5.69 Å². The van der Waals surface area contributed by atoms with E-state index < -0.39 is 11.7 Å². The van der Waals surface area contributed by atoms with Crippen molar-refractivity contribution in [3.8, 4) is 5.69 Å². The Morgan fingerprint density at radius 1 is 1.10 bits per heavy atom. The normalized spacial score (nSPS) is 15.6. The number of hydrogen-bond donors (Lipinski definition) is 1. The van der Waals surface area contributed by atoms with E-state index in [1.807, 2.05) is 0 Å². The summed E-state index contributed by atoms with van der Waals surface area (Å²) in [4.78, 5) is 27.2. The number of carbonyl (C=O) groups excluding carboxylic acids is 2. The number of nitrogens with zero attached hydrogens (tertiary/aromatic N) is 2. The molecule has 1 saturated heterocycles. The van der Waals surface area contributed by atoms with Crippen molar-refractivity contribution >= 4 is 11.7 Å². The predicted molar refractivity (Wildman–Crippen MR) is 102 cm³/mol.